The molecule has 1 aliphatic rings. The molecule has 4 heteroatoms. The Bertz CT molecular complexity index is 760. The molecule has 0 radical (unpaired) electrons. The fourth-order valence-corrected chi connectivity index (χ4v) is 4.57. The third-order valence-corrected chi connectivity index (χ3v) is 6.27. The zero-order valence-corrected chi connectivity index (χ0v) is 17.4. The van der Waals surface area contributed by atoms with Gasteiger partial charge in [0.15, 0.2) is 6.61 Å². The minimum absolute atomic E-state index is 0.266. The maximum absolute atomic E-state index is 12.3. The molecule has 0 spiro atoms. The maximum atomic E-state index is 12.3. The van der Waals surface area contributed by atoms with Crippen LogP contribution >= 0.6 is 0 Å². The molecule has 1 fully saturated rings. The summed E-state index contributed by atoms with van der Waals surface area (Å²) in [5.74, 6) is 1.76. The largest absolute Gasteiger partial charge is 0.484 e. The van der Waals surface area contributed by atoms with E-state index in [9.17, 15) is 13.2 Å². The van der Waals surface area contributed by atoms with E-state index >= 15 is 0 Å². The van der Waals surface area contributed by atoms with Crippen molar-refractivity contribution in [2.75, 3.05) is 6.61 Å². The van der Waals surface area contributed by atoms with Crippen molar-refractivity contribution in [2.45, 2.75) is 83.2 Å². The first-order valence-corrected chi connectivity index (χ1v) is 11.2. The molecule has 0 unspecified atom stereocenters. The van der Waals surface area contributed by atoms with Gasteiger partial charge >= 0.3 is 6.18 Å². The molecule has 29 heavy (non-hydrogen) atoms. The van der Waals surface area contributed by atoms with E-state index in [4.69, 9.17) is 4.74 Å². The highest BCUT2D eigenvalue weighted by atomic mass is 19.4. The molecular weight excluding hydrogens is 373 g/mol. The Balaban J connectivity index is 1.52. The van der Waals surface area contributed by atoms with E-state index in [0.29, 0.717) is 5.92 Å². The lowest BCUT2D eigenvalue weighted by Gasteiger charge is -2.29. The third kappa shape index (κ3) is 6.94. The monoisotopic (exact) mass is 406 g/mol. The van der Waals surface area contributed by atoms with Gasteiger partial charge in [-0.25, -0.2) is 0 Å². The van der Waals surface area contributed by atoms with E-state index < -0.39 is 12.8 Å². The van der Waals surface area contributed by atoms with Gasteiger partial charge in [-0.2, -0.15) is 13.2 Å². The summed E-state index contributed by atoms with van der Waals surface area (Å²) in [5, 5.41) is 1.99. The molecular formula is C25H33F3O. The molecule has 2 aromatic carbocycles. The van der Waals surface area contributed by atoms with Crippen molar-refractivity contribution in [3.05, 3.63) is 42.0 Å². The summed E-state index contributed by atoms with van der Waals surface area (Å²) in [6.07, 6.45) is 9.02. The number of ether oxygens (including phenoxy) is 1. The summed E-state index contributed by atoms with van der Waals surface area (Å²) in [4.78, 5) is 0. The quantitative estimate of drug-likeness (QED) is 0.380. The molecule has 2 aromatic rings. The maximum Gasteiger partial charge on any atom is 0.422 e. The van der Waals surface area contributed by atoms with Gasteiger partial charge in [0.2, 0.25) is 0 Å². The Hall–Kier alpha value is -1.71. The van der Waals surface area contributed by atoms with Gasteiger partial charge in [0, 0.05) is 0 Å². The standard InChI is InChI=1S/C25H33F3O/c1-2-3-4-5-6-7-19-8-10-20(11-9-19)21-12-13-23-17-24(15-14-22(23)16-21)29-18-25(26,27)28/h12-17,19-20H,2-11,18H2,1H3. The first-order chi connectivity index (χ1) is 13.9. The van der Waals surface area contributed by atoms with Gasteiger partial charge in [-0.05, 0) is 66.0 Å². The summed E-state index contributed by atoms with van der Waals surface area (Å²) in [6, 6.07) is 11.6. The van der Waals surface area contributed by atoms with Crippen LogP contribution in [-0.4, -0.2) is 12.8 Å². The Kier molecular flexibility index (Phi) is 7.85. The van der Waals surface area contributed by atoms with Crippen molar-refractivity contribution in [3.8, 4) is 5.75 Å². The molecule has 160 valence electrons. The first kappa shape index (κ1) is 22.0. The van der Waals surface area contributed by atoms with Crippen molar-refractivity contribution in [1.82, 2.24) is 0 Å². The van der Waals surface area contributed by atoms with Gasteiger partial charge in [-0.15, -0.1) is 0 Å². The Morgan fingerprint density at radius 1 is 0.862 bits per heavy atom. The number of hydrogen-bond donors (Lipinski definition) is 0. The van der Waals surface area contributed by atoms with Crippen LogP contribution < -0.4 is 4.74 Å². The van der Waals surface area contributed by atoms with Crippen molar-refractivity contribution in [3.63, 3.8) is 0 Å². The highest BCUT2D eigenvalue weighted by molar-refractivity contribution is 5.84. The number of alkyl halides is 3. The highest BCUT2D eigenvalue weighted by Gasteiger charge is 2.28. The Morgan fingerprint density at radius 3 is 2.28 bits per heavy atom. The molecule has 1 nitrogen and oxygen atoms in total. The lowest BCUT2D eigenvalue weighted by molar-refractivity contribution is -0.153. The number of unbranched alkanes of at least 4 members (excludes halogenated alkanes) is 4. The minimum Gasteiger partial charge on any atom is -0.484 e. The van der Waals surface area contributed by atoms with E-state index in [0.717, 1.165) is 16.7 Å². The van der Waals surface area contributed by atoms with Crippen LogP contribution in [0, 0.1) is 5.92 Å². The molecule has 0 N–H and O–H groups in total. The molecule has 3 rings (SSSR count). The second-order valence-corrected chi connectivity index (χ2v) is 8.59. The number of halogens is 3. The van der Waals surface area contributed by atoms with Gasteiger partial charge in [-0.3, -0.25) is 0 Å². The molecule has 0 heterocycles. The number of fused-ring (bicyclic) bond motifs is 1. The average Bonchev–Trinajstić information content (AvgIpc) is 2.71. The fraction of sp³-hybridized carbons (Fsp3) is 0.600. The molecule has 0 atom stereocenters. The van der Waals surface area contributed by atoms with Crippen LogP contribution in [0.4, 0.5) is 13.2 Å². The lowest BCUT2D eigenvalue weighted by Crippen LogP contribution is -2.19. The summed E-state index contributed by atoms with van der Waals surface area (Å²) in [6.45, 7) is 1.01. The normalized spacial score (nSPS) is 20.1. The Labute approximate surface area is 172 Å². The number of hydrogen-bond acceptors (Lipinski definition) is 1. The topological polar surface area (TPSA) is 9.23 Å². The zero-order valence-electron chi connectivity index (χ0n) is 17.4. The molecule has 0 saturated heterocycles. The third-order valence-electron chi connectivity index (χ3n) is 6.27. The molecule has 0 aromatic heterocycles. The van der Waals surface area contributed by atoms with Crippen LogP contribution in [0.2, 0.25) is 0 Å². The predicted molar refractivity (Wildman–Crippen MR) is 114 cm³/mol. The van der Waals surface area contributed by atoms with Crippen molar-refractivity contribution in [1.29, 1.82) is 0 Å². The predicted octanol–water partition coefficient (Wildman–Crippen LogP) is 8.42. The first-order valence-electron chi connectivity index (χ1n) is 11.2. The lowest BCUT2D eigenvalue weighted by atomic mass is 9.77. The van der Waals surface area contributed by atoms with Gasteiger partial charge in [-0.1, -0.05) is 69.7 Å². The van der Waals surface area contributed by atoms with Crippen molar-refractivity contribution >= 4 is 10.8 Å². The minimum atomic E-state index is -4.31. The fourth-order valence-electron chi connectivity index (χ4n) is 4.57. The number of rotatable bonds is 9. The molecule has 1 saturated carbocycles. The molecule has 0 aliphatic heterocycles. The van der Waals surface area contributed by atoms with Gasteiger partial charge in [0.05, 0.1) is 0 Å². The highest BCUT2D eigenvalue weighted by Crippen LogP contribution is 2.39. The smallest absolute Gasteiger partial charge is 0.422 e. The van der Waals surface area contributed by atoms with E-state index in [1.54, 1.807) is 12.1 Å². The molecule has 1 aliphatic carbocycles. The summed E-state index contributed by atoms with van der Waals surface area (Å²) in [5.41, 5.74) is 1.36. The van der Waals surface area contributed by atoms with E-state index in [1.165, 1.54) is 69.8 Å². The van der Waals surface area contributed by atoms with Gasteiger partial charge in [0.1, 0.15) is 5.75 Å². The second kappa shape index (κ2) is 10.4. The van der Waals surface area contributed by atoms with Crippen LogP contribution in [0.1, 0.15) is 82.6 Å². The average molecular weight is 407 g/mol. The second-order valence-electron chi connectivity index (χ2n) is 8.59. The van der Waals surface area contributed by atoms with Gasteiger partial charge < -0.3 is 4.74 Å². The van der Waals surface area contributed by atoms with Crippen LogP contribution in [-0.2, 0) is 0 Å². The Morgan fingerprint density at radius 2 is 1.55 bits per heavy atom. The number of benzene rings is 2. The van der Waals surface area contributed by atoms with Crippen molar-refractivity contribution < 1.29 is 17.9 Å². The summed E-state index contributed by atoms with van der Waals surface area (Å²) < 4.78 is 41.9. The summed E-state index contributed by atoms with van der Waals surface area (Å²) in [7, 11) is 0. The van der Waals surface area contributed by atoms with E-state index in [1.807, 2.05) is 12.1 Å². The zero-order chi connectivity index (χ0) is 20.7. The van der Waals surface area contributed by atoms with Crippen LogP contribution in [0.3, 0.4) is 0 Å². The van der Waals surface area contributed by atoms with Gasteiger partial charge in [0.25, 0.3) is 0 Å². The van der Waals surface area contributed by atoms with E-state index in [-0.39, 0.29) is 5.75 Å². The van der Waals surface area contributed by atoms with E-state index in [2.05, 4.69) is 19.1 Å². The molecule has 0 bridgehead atoms. The summed E-state index contributed by atoms with van der Waals surface area (Å²) >= 11 is 0. The SMILES string of the molecule is CCCCCCCC1CCC(c2ccc3cc(OCC(F)(F)F)ccc3c2)CC1. The van der Waals surface area contributed by atoms with Crippen LogP contribution in [0.5, 0.6) is 5.75 Å². The van der Waals surface area contributed by atoms with Crippen molar-refractivity contribution in [2.24, 2.45) is 5.92 Å². The van der Waals surface area contributed by atoms with Crippen LogP contribution in [0.25, 0.3) is 10.8 Å². The van der Waals surface area contributed by atoms with Crippen LogP contribution in [0.15, 0.2) is 36.4 Å². The molecule has 0 amide bonds.